The van der Waals surface area contributed by atoms with E-state index in [9.17, 15) is 0 Å². The molecule has 0 radical (unpaired) electrons. The van der Waals surface area contributed by atoms with Crippen LogP contribution in [0.1, 0.15) is 32.1 Å². The molecule has 3 heteroatoms. The summed E-state index contributed by atoms with van der Waals surface area (Å²) in [5.41, 5.74) is 6.29. The van der Waals surface area contributed by atoms with E-state index in [1.807, 2.05) is 0 Å². The van der Waals surface area contributed by atoms with E-state index in [2.05, 4.69) is 16.2 Å². The third kappa shape index (κ3) is 5.18. The van der Waals surface area contributed by atoms with E-state index < -0.39 is 0 Å². The Hall–Kier alpha value is -0.120. The van der Waals surface area contributed by atoms with Crippen molar-refractivity contribution in [1.29, 1.82) is 0 Å². The van der Waals surface area contributed by atoms with Gasteiger partial charge in [0.05, 0.1) is 6.67 Å². The van der Waals surface area contributed by atoms with Gasteiger partial charge in [-0.1, -0.05) is 19.3 Å². The molecule has 0 aromatic heterocycles. The first-order chi connectivity index (χ1) is 5.50. The first-order valence-corrected chi connectivity index (χ1v) is 4.66. The van der Waals surface area contributed by atoms with E-state index in [0.717, 1.165) is 19.8 Å². The molecule has 0 aliphatic carbocycles. The summed E-state index contributed by atoms with van der Waals surface area (Å²) in [6.07, 6.45) is 6.76. The molecule has 1 heterocycles. The van der Waals surface area contributed by atoms with Crippen molar-refractivity contribution >= 4 is 0 Å². The number of nitrogens with one attached hydrogen (secondary N) is 3. The van der Waals surface area contributed by atoms with Crippen molar-refractivity contribution in [1.82, 2.24) is 16.2 Å². The second kappa shape index (κ2) is 6.58. The Labute approximate surface area is 68.9 Å². The molecule has 0 saturated carbocycles. The normalized spacial score (nSPS) is 24.0. The van der Waals surface area contributed by atoms with E-state index in [1.54, 1.807) is 0 Å². The van der Waals surface area contributed by atoms with Gasteiger partial charge in [-0.25, -0.2) is 5.43 Å². The summed E-state index contributed by atoms with van der Waals surface area (Å²) >= 11 is 0. The van der Waals surface area contributed by atoms with E-state index >= 15 is 0 Å². The molecule has 1 rings (SSSR count). The maximum absolute atomic E-state index is 3.31. The zero-order chi connectivity index (χ0) is 7.78. The van der Waals surface area contributed by atoms with Crippen molar-refractivity contribution in [2.24, 2.45) is 0 Å². The van der Waals surface area contributed by atoms with Gasteiger partial charge < -0.3 is 5.32 Å². The molecule has 0 amide bonds. The fourth-order valence-corrected chi connectivity index (χ4v) is 1.30. The number of rotatable bonds is 0. The van der Waals surface area contributed by atoms with Crippen molar-refractivity contribution in [3.8, 4) is 0 Å². The Morgan fingerprint density at radius 2 is 1.36 bits per heavy atom. The van der Waals surface area contributed by atoms with Crippen molar-refractivity contribution in [3.63, 3.8) is 0 Å². The highest BCUT2D eigenvalue weighted by molar-refractivity contribution is 4.51. The Kier molecular flexibility index (Phi) is 5.37. The molecule has 3 N–H and O–H groups in total. The Morgan fingerprint density at radius 3 is 2.27 bits per heavy atom. The van der Waals surface area contributed by atoms with Gasteiger partial charge in [-0.15, -0.1) is 0 Å². The maximum Gasteiger partial charge on any atom is 0.0589 e. The molecule has 11 heavy (non-hydrogen) atoms. The van der Waals surface area contributed by atoms with Gasteiger partial charge in [0, 0.05) is 6.54 Å². The molecular weight excluding hydrogens is 138 g/mol. The van der Waals surface area contributed by atoms with Gasteiger partial charge in [0.15, 0.2) is 0 Å². The molecule has 1 aliphatic rings. The lowest BCUT2D eigenvalue weighted by molar-refractivity contribution is 0.485. The average Bonchev–Trinajstić information content (AvgIpc) is 2.08. The van der Waals surface area contributed by atoms with Crippen molar-refractivity contribution in [2.75, 3.05) is 19.8 Å². The van der Waals surface area contributed by atoms with Crippen molar-refractivity contribution < 1.29 is 0 Å². The fraction of sp³-hybridized carbons (Fsp3) is 1.00. The monoisotopic (exact) mass is 157 g/mol. The first kappa shape index (κ1) is 8.97. The molecule has 3 nitrogen and oxygen atoms in total. The minimum absolute atomic E-state index is 0.889. The third-order valence-corrected chi connectivity index (χ3v) is 1.99. The highest BCUT2D eigenvalue weighted by Gasteiger charge is 1.93. The second-order valence-electron chi connectivity index (χ2n) is 3.05. The SMILES string of the molecule is C1CCCNCNNCCC1. The first-order valence-electron chi connectivity index (χ1n) is 4.66. The fourth-order valence-electron chi connectivity index (χ4n) is 1.30. The second-order valence-corrected chi connectivity index (χ2v) is 3.05. The van der Waals surface area contributed by atoms with Crippen LogP contribution in [-0.2, 0) is 0 Å². The number of hydrazine groups is 1. The van der Waals surface area contributed by atoms with Crippen LogP contribution in [-0.4, -0.2) is 19.8 Å². The molecule has 0 unspecified atom stereocenters. The largest absolute Gasteiger partial charge is 0.303 e. The van der Waals surface area contributed by atoms with Gasteiger partial charge in [-0.3, -0.25) is 5.43 Å². The van der Waals surface area contributed by atoms with Gasteiger partial charge >= 0.3 is 0 Å². The van der Waals surface area contributed by atoms with Crippen LogP contribution < -0.4 is 16.2 Å². The summed E-state index contributed by atoms with van der Waals surface area (Å²) in [6, 6.07) is 0. The lowest BCUT2D eigenvalue weighted by Gasteiger charge is -2.05. The van der Waals surface area contributed by atoms with Gasteiger partial charge in [-0.2, -0.15) is 0 Å². The molecule has 1 aliphatic heterocycles. The number of hydrogen-bond acceptors (Lipinski definition) is 3. The summed E-state index contributed by atoms with van der Waals surface area (Å²) < 4.78 is 0. The average molecular weight is 157 g/mol. The van der Waals surface area contributed by atoms with Crippen LogP contribution in [0.2, 0.25) is 0 Å². The molecule has 1 fully saturated rings. The minimum Gasteiger partial charge on any atom is -0.303 e. The van der Waals surface area contributed by atoms with Crippen LogP contribution in [0, 0.1) is 0 Å². The molecule has 1 saturated heterocycles. The highest BCUT2D eigenvalue weighted by Crippen LogP contribution is 2.01. The summed E-state index contributed by atoms with van der Waals surface area (Å²) in [5, 5.41) is 3.31. The van der Waals surface area contributed by atoms with E-state index in [1.165, 1.54) is 32.1 Å². The molecule has 0 spiro atoms. The van der Waals surface area contributed by atoms with Gasteiger partial charge in [0.1, 0.15) is 0 Å². The predicted octanol–water partition coefficient (Wildman–Crippen LogP) is 0.592. The summed E-state index contributed by atoms with van der Waals surface area (Å²) in [6.45, 7) is 3.14. The predicted molar refractivity (Wildman–Crippen MR) is 47.1 cm³/mol. The van der Waals surface area contributed by atoms with Gasteiger partial charge in [-0.05, 0) is 19.4 Å². The summed E-state index contributed by atoms with van der Waals surface area (Å²) in [7, 11) is 0. The van der Waals surface area contributed by atoms with Crippen molar-refractivity contribution in [2.45, 2.75) is 32.1 Å². The van der Waals surface area contributed by atoms with E-state index in [0.29, 0.717) is 0 Å². The number of hydrogen-bond donors (Lipinski definition) is 3. The van der Waals surface area contributed by atoms with Crippen LogP contribution >= 0.6 is 0 Å². The Morgan fingerprint density at radius 1 is 0.636 bits per heavy atom. The summed E-state index contributed by atoms with van der Waals surface area (Å²) in [5.74, 6) is 0. The van der Waals surface area contributed by atoms with Gasteiger partial charge in [0.25, 0.3) is 0 Å². The molecular formula is C8H19N3. The Balaban J connectivity index is 2.02. The summed E-state index contributed by atoms with van der Waals surface area (Å²) in [4.78, 5) is 0. The lowest BCUT2D eigenvalue weighted by Crippen LogP contribution is -2.39. The van der Waals surface area contributed by atoms with Crippen LogP contribution in [0.4, 0.5) is 0 Å². The topological polar surface area (TPSA) is 36.1 Å². The molecule has 0 bridgehead atoms. The van der Waals surface area contributed by atoms with E-state index in [4.69, 9.17) is 0 Å². The van der Waals surface area contributed by atoms with Crippen molar-refractivity contribution in [3.05, 3.63) is 0 Å². The molecule has 0 aromatic carbocycles. The smallest absolute Gasteiger partial charge is 0.0589 e. The highest BCUT2D eigenvalue weighted by atomic mass is 15.4. The zero-order valence-electron chi connectivity index (χ0n) is 7.16. The maximum atomic E-state index is 3.31. The van der Waals surface area contributed by atoms with Crippen LogP contribution in [0.25, 0.3) is 0 Å². The molecule has 66 valence electrons. The quantitative estimate of drug-likeness (QED) is 0.482. The minimum atomic E-state index is 0.889. The third-order valence-electron chi connectivity index (χ3n) is 1.99. The standard InChI is InChI=1S/C8H19N3/c1-2-4-6-9-8-11-10-7-5-3-1/h9-11H,1-8H2. The Bertz CT molecular complexity index is 47.4. The van der Waals surface area contributed by atoms with E-state index in [-0.39, 0.29) is 0 Å². The lowest BCUT2D eigenvalue weighted by atomic mass is 10.1. The molecule has 0 aromatic rings. The molecule has 0 atom stereocenters. The van der Waals surface area contributed by atoms with Crippen LogP contribution in [0.15, 0.2) is 0 Å². The zero-order valence-corrected chi connectivity index (χ0v) is 7.16. The van der Waals surface area contributed by atoms with Crippen LogP contribution in [0.5, 0.6) is 0 Å². The van der Waals surface area contributed by atoms with Crippen LogP contribution in [0.3, 0.4) is 0 Å². The van der Waals surface area contributed by atoms with Gasteiger partial charge in [0.2, 0.25) is 0 Å².